The van der Waals surface area contributed by atoms with Gasteiger partial charge in [0.2, 0.25) is 0 Å². The van der Waals surface area contributed by atoms with Gasteiger partial charge in [0.1, 0.15) is 0 Å². The van der Waals surface area contributed by atoms with Gasteiger partial charge in [0.15, 0.2) is 17.5 Å². The fraction of sp³-hybridized carbons (Fsp3) is 0.400. The van der Waals surface area contributed by atoms with Crippen LogP contribution < -0.4 is 0 Å². The van der Waals surface area contributed by atoms with Crippen molar-refractivity contribution in [3.05, 3.63) is 35.1 Å². The molecule has 0 N–H and O–H groups in total. The van der Waals surface area contributed by atoms with E-state index in [1.165, 1.54) is 0 Å². The Balaban J connectivity index is 3.29. The van der Waals surface area contributed by atoms with Gasteiger partial charge in [0, 0.05) is 0 Å². The molecule has 0 aliphatic rings. The van der Waals surface area contributed by atoms with E-state index in [1.807, 2.05) is 0 Å². The van der Waals surface area contributed by atoms with E-state index in [0.29, 0.717) is 5.56 Å². The molecule has 0 bridgehead atoms. The van der Waals surface area contributed by atoms with E-state index in [-0.39, 0.29) is 5.41 Å². The molecule has 0 aromatic heterocycles. The van der Waals surface area contributed by atoms with Gasteiger partial charge in [0.05, 0.1) is 0 Å². The highest BCUT2D eigenvalue weighted by Gasteiger charge is 2.18. The molecule has 0 atom stereocenters. The standard InChI is InChI=1S/C10H11F3/c1-10(2,3)6-4-7(11)9(13)8(12)5-6/h4-5H,1-3H3. The van der Waals surface area contributed by atoms with Gasteiger partial charge in [-0.15, -0.1) is 0 Å². The summed E-state index contributed by atoms with van der Waals surface area (Å²) in [6, 6.07) is 2.05. The summed E-state index contributed by atoms with van der Waals surface area (Å²) < 4.78 is 38.1. The molecule has 1 aromatic carbocycles. The highest BCUT2D eigenvalue weighted by atomic mass is 19.2. The Bertz CT molecular complexity index is 300. The molecule has 0 amide bonds. The maximum atomic E-state index is 12.8. The summed E-state index contributed by atoms with van der Waals surface area (Å²) in [5, 5.41) is 0. The van der Waals surface area contributed by atoms with Crippen molar-refractivity contribution in [1.82, 2.24) is 0 Å². The number of benzene rings is 1. The molecule has 0 unspecified atom stereocenters. The summed E-state index contributed by atoms with van der Waals surface area (Å²) in [7, 11) is 0. The van der Waals surface area contributed by atoms with Gasteiger partial charge in [-0.25, -0.2) is 13.2 Å². The minimum absolute atomic E-state index is 0.380. The molecule has 0 aliphatic carbocycles. The Morgan fingerprint density at radius 1 is 0.923 bits per heavy atom. The minimum Gasteiger partial charge on any atom is -0.204 e. The number of hydrogen-bond donors (Lipinski definition) is 0. The predicted molar refractivity (Wildman–Crippen MR) is 45.0 cm³/mol. The third-order valence-electron chi connectivity index (χ3n) is 1.85. The van der Waals surface area contributed by atoms with Crippen molar-refractivity contribution in [2.45, 2.75) is 26.2 Å². The molecule has 72 valence electrons. The lowest BCUT2D eigenvalue weighted by Gasteiger charge is -2.19. The van der Waals surface area contributed by atoms with Crippen LogP contribution in [0.1, 0.15) is 26.3 Å². The van der Waals surface area contributed by atoms with Gasteiger partial charge >= 0.3 is 0 Å². The monoisotopic (exact) mass is 188 g/mol. The lowest BCUT2D eigenvalue weighted by molar-refractivity contribution is 0.439. The molecule has 0 spiro atoms. The van der Waals surface area contributed by atoms with Crippen molar-refractivity contribution in [2.24, 2.45) is 0 Å². The number of hydrogen-bond acceptors (Lipinski definition) is 0. The van der Waals surface area contributed by atoms with E-state index in [0.717, 1.165) is 12.1 Å². The van der Waals surface area contributed by atoms with E-state index in [9.17, 15) is 13.2 Å². The summed E-state index contributed by atoms with van der Waals surface area (Å²) in [4.78, 5) is 0. The topological polar surface area (TPSA) is 0 Å². The second kappa shape index (κ2) is 3.05. The normalized spacial score (nSPS) is 11.8. The van der Waals surface area contributed by atoms with Crippen LogP contribution in [0.5, 0.6) is 0 Å². The second-order valence-electron chi connectivity index (χ2n) is 4.00. The van der Waals surface area contributed by atoms with Crippen LogP contribution in [-0.2, 0) is 5.41 Å². The Kier molecular flexibility index (Phi) is 2.37. The van der Waals surface area contributed by atoms with E-state index in [1.54, 1.807) is 20.8 Å². The average Bonchev–Trinajstić information content (AvgIpc) is 1.97. The average molecular weight is 188 g/mol. The lowest BCUT2D eigenvalue weighted by atomic mass is 9.87. The molecule has 0 fully saturated rings. The van der Waals surface area contributed by atoms with Gasteiger partial charge in [-0.3, -0.25) is 0 Å². The highest BCUT2D eigenvalue weighted by molar-refractivity contribution is 5.25. The molecule has 0 heterocycles. The van der Waals surface area contributed by atoms with Gasteiger partial charge in [-0.05, 0) is 23.1 Å². The SMILES string of the molecule is CC(C)(C)c1cc(F)c(F)c(F)c1. The molecule has 0 saturated carbocycles. The van der Waals surface area contributed by atoms with Crippen LogP contribution in [0.2, 0.25) is 0 Å². The van der Waals surface area contributed by atoms with Gasteiger partial charge < -0.3 is 0 Å². The van der Waals surface area contributed by atoms with Gasteiger partial charge in [-0.1, -0.05) is 20.8 Å². The van der Waals surface area contributed by atoms with Crippen LogP contribution in [0.4, 0.5) is 13.2 Å². The van der Waals surface area contributed by atoms with E-state index in [4.69, 9.17) is 0 Å². The molecule has 0 radical (unpaired) electrons. The van der Waals surface area contributed by atoms with Crippen molar-refractivity contribution >= 4 is 0 Å². The molecule has 1 rings (SSSR count). The highest BCUT2D eigenvalue weighted by Crippen LogP contribution is 2.25. The maximum absolute atomic E-state index is 12.8. The summed E-state index contributed by atoms with van der Waals surface area (Å²) in [5.74, 6) is -3.68. The predicted octanol–water partition coefficient (Wildman–Crippen LogP) is 3.40. The zero-order chi connectivity index (χ0) is 10.2. The van der Waals surface area contributed by atoms with Crippen LogP contribution in [0, 0.1) is 17.5 Å². The van der Waals surface area contributed by atoms with Crippen molar-refractivity contribution in [3.63, 3.8) is 0 Å². The molecular weight excluding hydrogens is 177 g/mol. The smallest absolute Gasteiger partial charge is 0.194 e. The quantitative estimate of drug-likeness (QED) is 0.547. The molecule has 3 heteroatoms. The van der Waals surface area contributed by atoms with Crippen LogP contribution in [-0.4, -0.2) is 0 Å². The van der Waals surface area contributed by atoms with Crippen LogP contribution >= 0.6 is 0 Å². The fourth-order valence-corrected chi connectivity index (χ4v) is 0.989. The molecule has 0 saturated heterocycles. The van der Waals surface area contributed by atoms with Gasteiger partial charge in [-0.2, -0.15) is 0 Å². The summed E-state index contributed by atoms with van der Waals surface area (Å²) in [6.45, 7) is 5.41. The Morgan fingerprint density at radius 3 is 1.62 bits per heavy atom. The largest absolute Gasteiger partial charge is 0.204 e. The third kappa shape index (κ3) is 2.02. The van der Waals surface area contributed by atoms with E-state index >= 15 is 0 Å². The number of rotatable bonds is 0. The molecule has 0 nitrogen and oxygen atoms in total. The zero-order valence-electron chi connectivity index (χ0n) is 7.79. The Hall–Kier alpha value is -0.990. The third-order valence-corrected chi connectivity index (χ3v) is 1.85. The first-order chi connectivity index (χ1) is 5.82. The van der Waals surface area contributed by atoms with Crippen molar-refractivity contribution in [1.29, 1.82) is 0 Å². The molecule has 0 aliphatic heterocycles. The van der Waals surface area contributed by atoms with Crippen molar-refractivity contribution in [2.75, 3.05) is 0 Å². The van der Waals surface area contributed by atoms with Crippen LogP contribution in [0.15, 0.2) is 12.1 Å². The Morgan fingerprint density at radius 2 is 1.31 bits per heavy atom. The summed E-state index contributed by atoms with van der Waals surface area (Å²) in [6.07, 6.45) is 0. The van der Waals surface area contributed by atoms with E-state index in [2.05, 4.69) is 0 Å². The fourth-order valence-electron chi connectivity index (χ4n) is 0.989. The first kappa shape index (κ1) is 10.1. The van der Waals surface area contributed by atoms with Crippen LogP contribution in [0.3, 0.4) is 0 Å². The van der Waals surface area contributed by atoms with E-state index < -0.39 is 17.5 Å². The minimum atomic E-state index is -1.41. The lowest BCUT2D eigenvalue weighted by Crippen LogP contribution is -2.12. The maximum Gasteiger partial charge on any atom is 0.194 e. The zero-order valence-corrected chi connectivity index (χ0v) is 7.79. The molecule has 1 aromatic rings. The van der Waals surface area contributed by atoms with Crippen molar-refractivity contribution in [3.8, 4) is 0 Å². The first-order valence-corrected chi connectivity index (χ1v) is 3.97. The summed E-state index contributed by atoms with van der Waals surface area (Å²) >= 11 is 0. The first-order valence-electron chi connectivity index (χ1n) is 3.97. The Labute approximate surface area is 75.4 Å². The van der Waals surface area contributed by atoms with Crippen LogP contribution in [0.25, 0.3) is 0 Å². The van der Waals surface area contributed by atoms with Crippen molar-refractivity contribution < 1.29 is 13.2 Å². The van der Waals surface area contributed by atoms with Gasteiger partial charge in [0.25, 0.3) is 0 Å². The second-order valence-corrected chi connectivity index (χ2v) is 4.00. The number of halogens is 3. The molecule has 13 heavy (non-hydrogen) atoms. The summed E-state index contributed by atoms with van der Waals surface area (Å²) in [5.41, 5.74) is 0.0685. The molecular formula is C10H11F3.